The van der Waals surface area contributed by atoms with E-state index in [-0.39, 0.29) is 23.9 Å². The third-order valence-electron chi connectivity index (χ3n) is 7.15. The van der Waals surface area contributed by atoms with Crippen LogP contribution in [0.5, 0.6) is 0 Å². The number of para-hydroxylation sites is 2. The van der Waals surface area contributed by atoms with Crippen molar-refractivity contribution in [3.05, 3.63) is 34.7 Å². The van der Waals surface area contributed by atoms with Crippen LogP contribution in [-0.4, -0.2) is 68.2 Å². The fraction of sp³-hybridized carbons (Fsp3) is 0.667. The van der Waals surface area contributed by atoms with Gasteiger partial charge < -0.3 is 20.4 Å². The van der Waals surface area contributed by atoms with Gasteiger partial charge in [-0.2, -0.15) is 0 Å². The van der Waals surface area contributed by atoms with Crippen LogP contribution in [0.3, 0.4) is 0 Å². The monoisotopic (exact) mass is 444 g/mol. The first-order valence-corrected chi connectivity index (χ1v) is 11.9. The van der Waals surface area contributed by atoms with Crippen LogP contribution in [0.4, 0.5) is 4.79 Å². The van der Waals surface area contributed by atoms with E-state index in [0.29, 0.717) is 50.2 Å². The van der Waals surface area contributed by atoms with Gasteiger partial charge in [0.1, 0.15) is 0 Å². The fourth-order valence-electron chi connectivity index (χ4n) is 5.24. The Morgan fingerprint density at radius 2 is 1.75 bits per heavy atom. The molecular formula is C24H36N4O4. The standard InChI is InChI=1S/C24H36N4O4/c1-17(2)27-20-5-3-4-6-21(20)28(23(27)31)22(30)25-15-18-9-13-26(14-10-18)16-24(32)11-7-19(29)8-12-24/h3-6,17-19,29,32H,7-16H2,1-2H3,(H,25,30). The van der Waals surface area contributed by atoms with E-state index in [1.807, 2.05) is 38.1 Å². The van der Waals surface area contributed by atoms with Gasteiger partial charge in [-0.3, -0.25) is 4.57 Å². The summed E-state index contributed by atoms with van der Waals surface area (Å²) in [6, 6.07) is 6.99. The quantitative estimate of drug-likeness (QED) is 0.657. The highest BCUT2D eigenvalue weighted by molar-refractivity contribution is 5.89. The number of hydrogen-bond donors (Lipinski definition) is 3. The van der Waals surface area contributed by atoms with E-state index in [1.54, 1.807) is 4.57 Å². The van der Waals surface area contributed by atoms with Crippen molar-refractivity contribution in [3.63, 3.8) is 0 Å². The number of likely N-dealkylation sites (tertiary alicyclic amines) is 1. The summed E-state index contributed by atoms with van der Waals surface area (Å²) in [6.45, 7) is 6.85. The Labute approximate surface area is 188 Å². The zero-order chi connectivity index (χ0) is 22.9. The van der Waals surface area contributed by atoms with Crippen LogP contribution >= 0.6 is 0 Å². The highest BCUT2D eigenvalue weighted by Gasteiger charge is 2.35. The number of carbonyl (C=O) groups is 1. The molecule has 4 rings (SSSR count). The van der Waals surface area contributed by atoms with Gasteiger partial charge >= 0.3 is 11.7 Å². The van der Waals surface area contributed by atoms with E-state index in [0.717, 1.165) is 31.4 Å². The average Bonchev–Trinajstić information content (AvgIpc) is 3.07. The maximum atomic E-state index is 12.9. The number of hydrogen-bond acceptors (Lipinski definition) is 5. The first-order valence-electron chi connectivity index (χ1n) is 11.9. The smallest absolute Gasteiger partial charge is 0.337 e. The molecule has 1 amide bonds. The van der Waals surface area contributed by atoms with Gasteiger partial charge in [-0.1, -0.05) is 12.1 Å². The number of piperidine rings is 1. The molecule has 2 heterocycles. The first-order chi connectivity index (χ1) is 15.3. The molecule has 2 aliphatic rings. The van der Waals surface area contributed by atoms with Crippen LogP contribution in [0.25, 0.3) is 11.0 Å². The van der Waals surface area contributed by atoms with Gasteiger partial charge in [-0.15, -0.1) is 0 Å². The third-order valence-corrected chi connectivity index (χ3v) is 7.15. The van der Waals surface area contributed by atoms with Crippen LogP contribution in [0.1, 0.15) is 58.4 Å². The number of aliphatic hydroxyl groups is 2. The van der Waals surface area contributed by atoms with Gasteiger partial charge in [0.25, 0.3) is 0 Å². The highest BCUT2D eigenvalue weighted by Crippen LogP contribution is 2.30. The molecule has 0 spiro atoms. The molecule has 0 atom stereocenters. The minimum atomic E-state index is -0.688. The fourth-order valence-corrected chi connectivity index (χ4v) is 5.24. The Morgan fingerprint density at radius 1 is 1.12 bits per heavy atom. The second kappa shape index (κ2) is 9.37. The lowest BCUT2D eigenvalue weighted by atomic mass is 9.82. The second-order valence-electron chi connectivity index (χ2n) is 9.93. The molecule has 2 aromatic rings. The molecule has 8 nitrogen and oxygen atoms in total. The van der Waals surface area contributed by atoms with E-state index in [4.69, 9.17) is 0 Å². The molecule has 0 bridgehead atoms. The Balaban J connectivity index is 1.32. The molecule has 1 saturated carbocycles. The number of nitrogens with one attached hydrogen (secondary N) is 1. The van der Waals surface area contributed by atoms with Crippen molar-refractivity contribution in [1.82, 2.24) is 19.4 Å². The lowest BCUT2D eigenvalue weighted by Gasteiger charge is -2.40. The predicted molar refractivity (Wildman–Crippen MR) is 124 cm³/mol. The summed E-state index contributed by atoms with van der Waals surface area (Å²) in [4.78, 5) is 28.2. The molecule has 32 heavy (non-hydrogen) atoms. The van der Waals surface area contributed by atoms with Crippen molar-refractivity contribution >= 4 is 17.1 Å². The van der Waals surface area contributed by atoms with E-state index < -0.39 is 5.60 Å². The maximum Gasteiger partial charge on any atom is 0.337 e. The van der Waals surface area contributed by atoms with Gasteiger partial charge in [0.05, 0.1) is 22.7 Å². The molecule has 0 radical (unpaired) electrons. The van der Waals surface area contributed by atoms with Crippen LogP contribution in [0.15, 0.2) is 29.1 Å². The largest absolute Gasteiger partial charge is 0.393 e. The molecule has 1 aliphatic heterocycles. The third kappa shape index (κ3) is 4.77. The van der Waals surface area contributed by atoms with E-state index in [9.17, 15) is 19.8 Å². The number of rotatable bonds is 5. The van der Waals surface area contributed by atoms with Crippen molar-refractivity contribution in [2.24, 2.45) is 5.92 Å². The van der Waals surface area contributed by atoms with Gasteiger partial charge in [0.15, 0.2) is 0 Å². The summed E-state index contributed by atoms with van der Waals surface area (Å²) < 4.78 is 2.90. The van der Waals surface area contributed by atoms with Gasteiger partial charge in [0.2, 0.25) is 0 Å². The van der Waals surface area contributed by atoms with Crippen molar-refractivity contribution in [2.45, 2.75) is 70.1 Å². The topological polar surface area (TPSA) is 99.7 Å². The number of carbonyl (C=O) groups excluding carboxylic acids is 1. The van der Waals surface area contributed by atoms with Gasteiger partial charge in [0, 0.05) is 19.1 Å². The zero-order valence-corrected chi connectivity index (χ0v) is 19.2. The lowest BCUT2D eigenvalue weighted by molar-refractivity contribution is -0.0572. The first kappa shape index (κ1) is 23.0. The number of aromatic nitrogens is 2. The number of nitrogens with zero attached hydrogens (tertiary/aromatic N) is 3. The molecule has 0 unspecified atom stereocenters. The Hall–Kier alpha value is -2.16. The van der Waals surface area contributed by atoms with E-state index in [1.165, 1.54) is 4.57 Å². The summed E-state index contributed by atoms with van der Waals surface area (Å²) in [5.41, 5.74) is 0.402. The van der Waals surface area contributed by atoms with Gasteiger partial charge in [-0.05, 0) is 83.5 Å². The van der Waals surface area contributed by atoms with E-state index in [2.05, 4.69) is 10.2 Å². The molecule has 8 heteroatoms. The molecular weight excluding hydrogens is 408 g/mol. The van der Waals surface area contributed by atoms with Crippen LogP contribution in [-0.2, 0) is 0 Å². The number of β-amino-alcohol motifs (C(OH)–C–C–N with tert-alkyl or cyclic N) is 1. The summed E-state index contributed by atoms with van der Waals surface area (Å²) in [7, 11) is 0. The lowest BCUT2D eigenvalue weighted by Crippen LogP contribution is -2.49. The highest BCUT2D eigenvalue weighted by atomic mass is 16.3. The van der Waals surface area contributed by atoms with Crippen LogP contribution < -0.4 is 11.0 Å². The minimum absolute atomic E-state index is 0.0342. The molecule has 176 valence electrons. The van der Waals surface area contributed by atoms with Crippen LogP contribution in [0.2, 0.25) is 0 Å². The maximum absolute atomic E-state index is 12.9. The van der Waals surface area contributed by atoms with Crippen molar-refractivity contribution < 1.29 is 15.0 Å². The molecule has 1 aromatic heterocycles. The summed E-state index contributed by atoms with van der Waals surface area (Å²) in [5, 5.41) is 23.5. The SMILES string of the molecule is CC(C)n1c(=O)n(C(=O)NCC2CCN(CC3(O)CCC(O)CC3)CC2)c2ccccc21. The number of benzene rings is 1. The second-order valence-corrected chi connectivity index (χ2v) is 9.93. The molecule has 1 saturated heterocycles. The van der Waals surface area contributed by atoms with Gasteiger partial charge in [-0.25, -0.2) is 14.2 Å². The molecule has 2 fully saturated rings. The average molecular weight is 445 g/mol. The van der Waals surface area contributed by atoms with Crippen molar-refractivity contribution in [3.8, 4) is 0 Å². The summed E-state index contributed by atoms with van der Waals surface area (Å²) >= 11 is 0. The number of aliphatic hydroxyl groups excluding tert-OH is 1. The number of imidazole rings is 1. The Morgan fingerprint density at radius 3 is 2.38 bits per heavy atom. The zero-order valence-electron chi connectivity index (χ0n) is 19.2. The van der Waals surface area contributed by atoms with E-state index >= 15 is 0 Å². The number of fused-ring (bicyclic) bond motifs is 1. The summed E-state index contributed by atoms with van der Waals surface area (Å²) in [5.74, 6) is 0.354. The Bertz CT molecular complexity index is 995. The van der Waals surface area contributed by atoms with Crippen LogP contribution in [0, 0.1) is 5.92 Å². The van der Waals surface area contributed by atoms with Crippen molar-refractivity contribution in [1.29, 1.82) is 0 Å². The minimum Gasteiger partial charge on any atom is -0.393 e. The Kier molecular flexibility index (Phi) is 6.74. The normalized spacial score (nSPS) is 25.5. The molecule has 1 aliphatic carbocycles. The molecule has 1 aromatic carbocycles. The number of amides is 1. The predicted octanol–water partition coefficient (Wildman–Crippen LogP) is 2.32. The summed E-state index contributed by atoms with van der Waals surface area (Å²) in [6.07, 6.45) is 4.28. The molecule has 3 N–H and O–H groups in total. The van der Waals surface area contributed by atoms with Crippen molar-refractivity contribution in [2.75, 3.05) is 26.2 Å².